The summed E-state index contributed by atoms with van der Waals surface area (Å²) in [6.07, 6.45) is 0. The van der Waals surface area contributed by atoms with E-state index in [1.54, 1.807) is 24.7 Å². The Hall–Kier alpha value is -1.43. The molecule has 15 heavy (non-hydrogen) atoms. The first kappa shape index (κ1) is 10.1. The molecule has 80 valence electrons. The van der Waals surface area contributed by atoms with Crippen molar-refractivity contribution < 1.29 is 12.3 Å². The van der Waals surface area contributed by atoms with Gasteiger partial charge in [-0.15, -0.1) is 3.89 Å². The van der Waals surface area contributed by atoms with E-state index in [-0.39, 0.29) is 4.90 Å². The Bertz CT molecular complexity index is 631. The van der Waals surface area contributed by atoms with Crippen LogP contribution in [0, 0.1) is 6.92 Å². The average Bonchev–Trinajstić information content (AvgIpc) is 2.41. The Balaban J connectivity index is 2.82. The maximum absolute atomic E-state index is 12.7. The van der Waals surface area contributed by atoms with Gasteiger partial charge in [0.05, 0.1) is 16.1 Å². The number of fused-ring (bicyclic) bond motifs is 1. The Morgan fingerprint density at radius 1 is 1.40 bits per heavy atom. The number of aromatic nitrogens is 2. The van der Waals surface area contributed by atoms with E-state index in [0.29, 0.717) is 11.1 Å². The highest BCUT2D eigenvalue weighted by Gasteiger charge is 2.14. The second kappa shape index (κ2) is 3.03. The minimum absolute atomic E-state index is 0.328. The molecule has 0 aliphatic rings. The van der Waals surface area contributed by atoms with E-state index in [4.69, 9.17) is 0 Å². The summed E-state index contributed by atoms with van der Waals surface area (Å²) in [4.78, 5) is -0.328. The van der Waals surface area contributed by atoms with E-state index in [1.165, 1.54) is 12.1 Å². The van der Waals surface area contributed by atoms with Gasteiger partial charge in [-0.1, -0.05) is 0 Å². The van der Waals surface area contributed by atoms with Gasteiger partial charge in [-0.25, -0.2) is 0 Å². The topological polar surface area (TPSA) is 52.0 Å². The lowest BCUT2D eigenvalue weighted by Crippen LogP contribution is -1.92. The third-order valence-corrected chi connectivity index (χ3v) is 3.10. The zero-order valence-electron chi connectivity index (χ0n) is 8.23. The Morgan fingerprint density at radius 3 is 2.67 bits per heavy atom. The summed E-state index contributed by atoms with van der Waals surface area (Å²) in [6, 6.07) is 4.08. The highest BCUT2D eigenvalue weighted by molar-refractivity contribution is 7.86. The monoisotopic (exact) mass is 228 g/mol. The van der Waals surface area contributed by atoms with Crippen molar-refractivity contribution in [2.75, 3.05) is 0 Å². The summed E-state index contributed by atoms with van der Waals surface area (Å²) >= 11 is 0. The molecule has 0 radical (unpaired) electrons. The van der Waals surface area contributed by atoms with Gasteiger partial charge in [0.1, 0.15) is 0 Å². The predicted octanol–water partition coefficient (Wildman–Crippen LogP) is 1.54. The molecule has 0 aliphatic carbocycles. The zero-order chi connectivity index (χ0) is 11.2. The molecule has 0 spiro atoms. The Kier molecular flexibility index (Phi) is 2.04. The molecular weight excluding hydrogens is 219 g/mol. The van der Waals surface area contributed by atoms with Gasteiger partial charge in [-0.2, -0.15) is 13.5 Å². The van der Waals surface area contributed by atoms with E-state index in [2.05, 4.69) is 5.10 Å². The van der Waals surface area contributed by atoms with Crippen molar-refractivity contribution in [1.29, 1.82) is 0 Å². The summed E-state index contributed by atoms with van der Waals surface area (Å²) < 4.78 is 35.8. The SMILES string of the molecule is Cc1nn(C)c2ccc(S(=O)(=O)F)cc12. The lowest BCUT2D eigenvalue weighted by Gasteiger charge is -1.96. The summed E-state index contributed by atoms with van der Waals surface area (Å²) in [5.41, 5.74) is 1.46. The smallest absolute Gasteiger partial charge is 0.268 e. The van der Waals surface area contributed by atoms with Crippen LogP contribution in [-0.2, 0) is 17.3 Å². The van der Waals surface area contributed by atoms with Crippen molar-refractivity contribution in [2.45, 2.75) is 11.8 Å². The number of nitrogens with zero attached hydrogens (tertiary/aromatic N) is 2. The van der Waals surface area contributed by atoms with E-state index in [0.717, 1.165) is 5.52 Å². The number of hydrogen-bond donors (Lipinski definition) is 0. The van der Waals surface area contributed by atoms with E-state index < -0.39 is 10.2 Å². The van der Waals surface area contributed by atoms with Crippen molar-refractivity contribution in [3.63, 3.8) is 0 Å². The molecular formula is C9H9FN2O2S. The fourth-order valence-corrected chi connectivity index (χ4v) is 2.06. The van der Waals surface area contributed by atoms with Crippen LogP contribution in [0.5, 0.6) is 0 Å². The number of benzene rings is 1. The second-order valence-electron chi connectivity index (χ2n) is 3.33. The van der Waals surface area contributed by atoms with E-state index in [9.17, 15) is 12.3 Å². The fourth-order valence-electron chi connectivity index (χ4n) is 1.57. The molecule has 0 aliphatic heterocycles. The third kappa shape index (κ3) is 1.61. The molecule has 6 heteroatoms. The number of aryl methyl sites for hydroxylation is 2. The third-order valence-electron chi connectivity index (χ3n) is 2.29. The molecule has 0 unspecified atom stereocenters. The van der Waals surface area contributed by atoms with Gasteiger partial charge in [0.15, 0.2) is 0 Å². The standard InChI is InChI=1S/C9H9FN2O2S/c1-6-8-5-7(15(10,13)14)3-4-9(8)12(2)11-6/h3-5H,1-2H3. The Labute approximate surface area is 86.5 Å². The second-order valence-corrected chi connectivity index (χ2v) is 4.67. The summed E-state index contributed by atoms with van der Waals surface area (Å²) in [6.45, 7) is 1.75. The highest BCUT2D eigenvalue weighted by Crippen LogP contribution is 2.22. The zero-order valence-corrected chi connectivity index (χ0v) is 9.05. The molecule has 1 heterocycles. The van der Waals surface area contributed by atoms with Crippen LogP contribution >= 0.6 is 0 Å². The van der Waals surface area contributed by atoms with Crippen molar-refractivity contribution >= 4 is 21.1 Å². The van der Waals surface area contributed by atoms with Gasteiger partial charge in [-0.3, -0.25) is 4.68 Å². The average molecular weight is 228 g/mol. The van der Waals surface area contributed by atoms with Crippen molar-refractivity contribution in [1.82, 2.24) is 9.78 Å². The first-order valence-electron chi connectivity index (χ1n) is 4.27. The van der Waals surface area contributed by atoms with Crippen LogP contribution in [-0.4, -0.2) is 18.2 Å². The molecule has 0 saturated carbocycles. The summed E-state index contributed by atoms with van der Waals surface area (Å²) in [5, 5.41) is 4.76. The molecule has 1 aromatic carbocycles. The van der Waals surface area contributed by atoms with Gasteiger partial charge < -0.3 is 0 Å². The summed E-state index contributed by atoms with van der Waals surface area (Å²) in [5.74, 6) is 0. The van der Waals surface area contributed by atoms with E-state index in [1.807, 2.05) is 0 Å². The molecule has 1 aromatic heterocycles. The molecule has 0 atom stereocenters. The van der Waals surface area contributed by atoms with Crippen LogP contribution in [0.15, 0.2) is 23.1 Å². The largest absolute Gasteiger partial charge is 0.332 e. The van der Waals surface area contributed by atoms with Gasteiger partial charge in [0.25, 0.3) is 0 Å². The van der Waals surface area contributed by atoms with Crippen molar-refractivity contribution in [3.05, 3.63) is 23.9 Å². The quantitative estimate of drug-likeness (QED) is 0.696. The fraction of sp³-hybridized carbons (Fsp3) is 0.222. The number of halogens is 1. The van der Waals surface area contributed by atoms with E-state index >= 15 is 0 Å². The van der Waals surface area contributed by atoms with Crippen LogP contribution in [0.2, 0.25) is 0 Å². The van der Waals surface area contributed by atoms with Crippen molar-refractivity contribution in [2.24, 2.45) is 7.05 Å². The molecule has 0 amide bonds. The van der Waals surface area contributed by atoms with Crippen LogP contribution in [0.3, 0.4) is 0 Å². The minimum atomic E-state index is -4.64. The lowest BCUT2D eigenvalue weighted by atomic mass is 10.2. The molecule has 2 rings (SSSR count). The maximum Gasteiger partial charge on any atom is 0.332 e. The molecule has 0 saturated heterocycles. The maximum atomic E-state index is 12.7. The summed E-state index contributed by atoms with van der Waals surface area (Å²) in [7, 11) is -2.89. The minimum Gasteiger partial charge on any atom is -0.268 e. The molecule has 2 aromatic rings. The predicted molar refractivity (Wildman–Crippen MR) is 53.7 cm³/mol. The lowest BCUT2D eigenvalue weighted by molar-refractivity contribution is 0.552. The van der Waals surface area contributed by atoms with Gasteiger partial charge in [-0.05, 0) is 25.1 Å². The molecule has 0 bridgehead atoms. The van der Waals surface area contributed by atoms with Crippen LogP contribution in [0.25, 0.3) is 10.9 Å². The van der Waals surface area contributed by atoms with Crippen LogP contribution < -0.4 is 0 Å². The van der Waals surface area contributed by atoms with Crippen molar-refractivity contribution in [3.8, 4) is 0 Å². The first-order valence-corrected chi connectivity index (χ1v) is 5.66. The first-order chi connectivity index (χ1) is 6.89. The molecule has 4 nitrogen and oxygen atoms in total. The van der Waals surface area contributed by atoms with Gasteiger partial charge in [0.2, 0.25) is 0 Å². The number of rotatable bonds is 1. The van der Waals surface area contributed by atoms with Crippen LogP contribution in [0.4, 0.5) is 3.89 Å². The van der Waals surface area contributed by atoms with Gasteiger partial charge in [0, 0.05) is 12.4 Å². The number of hydrogen-bond acceptors (Lipinski definition) is 3. The van der Waals surface area contributed by atoms with Gasteiger partial charge >= 0.3 is 10.2 Å². The Morgan fingerprint density at radius 2 is 2.07 bits per heavy atom. The van der Waals surface area contributed by atoms with Crippen LogP contribution in [0.1, 0.15) is 5.69 Å². The highest BCUT2D eigenvalue weighted by atomic mass is 32.3. The molecule has 0 fully saturated rings. The molecule has 0 N–H and O–H groups in total. The normalized spacial score (nSPS) is 12.2.